The molecule has 0 bridgehead atoms. The fourth-order valence-corrected chi connectivity index (χ4v) is 0.801. The summed E-state index contributed by atoms with van der Waals surface area (Å²) in [7, 11) is 0. The Bertz CT molecular complexity index is 173. The lowest BCUT2D eigenvalue weighted by Gasteiger charge is -2.19. The van der Waals surface area contributed by atoms with Gasteiger partial charge in [-0.15, -0.1) is 0 Å². The maximum absolute atomic E-state index is 10.6. The van der Waals surface area contributed by atoms with Gasteiger partial charge < -0.3 is 5.32 Å². The molecule has 0 heterocycles. The minimum Gasteiger partial charge on any atom is -0.382 e. The van der Waals surface area contributed by atoms with Gasteiger partial charge in [0.1, 0.15) is 5.78 Å². The highest BCUT2D eigenvalue weighted by Crippen LogP contribution is 2.15. The largest absolute Gasteiger partial charge is 0.382 e. The zero-order valence-corrected chi connectivity index (χ0v) is 8.48. The van der Waals surface area contributed by atoms with Gasteiger partial charge in [-0.05, 0) is 18.8 Å². The van der Waals surface area contributed by atoms with Gasteiger partial charge in [-0.3, -0.25) is 4.79 Å². The summed E-state index contributed by atoms with van der Waals surface area (Å²) in [5.74, 6) is 1.13. The smallest absolute Gasteiger partial charge is 0.148 e. The van der Waals surface area contributed by atoms with E-state index in [1.807, 2.05) is 0 Å². The lowest BCUT2D eigenvalue weighted by Crippen LogP contribution is -2.25. The average Bonchev–Trinajstić information content (AvgIpc) is 1.98. The second kappa shape index (κ2) is 4.96. The van der Waals surface area contributed by atoms with Gasteiger partial charge in [-0.25, -0.2) is 0 Å². The molecule has 70 valence electrons. The third-order valence-corrected chi connectivity index (χ3v) is 2.11. The number of hydrogen-bond acceptors (Lipinski definition) is 2. The molecule has 0 aromatic heterocycles. The molecule has 0 saturated heterocycles. The second-order valence-electron chi connectivity index (χ2n) is 3.61. The first kappa shape index (κ1) is 11.2. The molecule has 0 saturated carbocycles. The van der Waals surface area contributed by atoms with Crippen molar-refractivity contribution in [3.8, 4) is 0 Å². The first-order valence-corrected chi connectivity index (χ1v) is 4.37. The van der Waals surface area contributed by atoms with Crippen LogP contribution in [0.5, 0.6) is 0 Å². The number of carbonyl (C=O) groups is 1. The number of ketones is 1. The first-order chi connectivity index (χ1) is 5.45. The first-order valence-electron chi connectivity index (χ1n) is 4.37. The van der Waals surface area contributed by atoms with Gasteiger partial charge in [0.05, 0.1) is 6.54 Å². The Morgan fingerprint density at radius 2 is 1.92 bits per heavy atom. The van der Waals surface area contributed by atoms with Gasteiger partial charge >= 0.3 is 0 Å². The molecule has 0 aromatic carbocycles. The van der Waals surface area contributed by atoms with E-state index >= 15 is 0 Å². The molecule has 1 atom stereocenters. The molecule has 0 spiro atoms. The van der Waals surface area contributed by atoms with E-state index in [9.17, 15) is 4.79 Å². The summed E-state index contributed by atoms with van der Waals surface area (Å²) in [4.78, 5) is 10.6. The number of Topliss-reactive ketones (excluding diaryl/α,β-unsaturated/α-hetero) is 1. The van der Waals surface area contributed by atoms with Crippen molar-refractivity contribution in [2.24, 2.45) is 11.8 Å². The Morgan fingerprint density at radius 1 is 1.42 bits per heavy atom. The molecular weight excluding hydrogens is 150 g/mol. The molecule has 12 heavy (non-hydrogen) atoms. The highest BCUT2D eigenvalue weighted by atomic mass is 16.1. The minimum atomic E-state index is 0.145. The van der Waals surface area contributed by atoms with Crippen molar-refractivity contribution >= 4 is 5.78 Å². The number of hydrogen-bond donors (Lipinski definition) is 1. The monoisotopic (exact) mass is 169 g/mol. The molecule has 1 N–H and O–H groups in total. The lowest BCUT2D eigenvalue weighted by molar-refractivity contribution is -0.116. The van der Waals surface area contributed by atoms with Gasteiger partial charge in [-0.2, -0.15) is 0 Å². The van der Waals surface area contributed by atoms with Crippen LogP contribution in [0.4, 0.5) is 0 Å². The number of allylic oxidation sites excluding steroid dienone is 1. The fraction of sp³-hybridized carbons (Fsp3) is 0.700. The fourth-order valence-electron chi connectivity index (χ4n) is 0.801. The van der Waals surface area contributed by atoms with E-state index in [2.05, 4.69) is 32.7 Å². The molecule has 0 unspecified atom stereocenters. The van der Waals surface area contributed by atoms with Crippen LogP contribution in [-0.4, -0.2) is 12.3 Å². The van der Waals surface area contributed by atoms with Crippen molar-refractivity contribution in [2.45, 2.75) is 27.7 Å². The van der Waals surface area contributed by atoms with Crippen molar-refractivity contribution in [1.29, 1.82) is 0 Å². The van der Waals surface area contributed by atoms with Crippen LogP contribution in [0, 0.1) is 11.8 Å². The summed E-state index contributed by atoms with van der Waals surface area (Å²) >= 11 is 0. The maximum Gasteiger partial charge on any atom is 0.148 e. The number of carbonyl (C=O) groups excluding carboxylic acids is 1. The normalized spacial score (nSPS) is 12.8. The van der Waals surface area contributed by atoms with E-state index < -0.39 is 0 Å². The summed E-state index contributed by atoms with van der Waals surface area (Å²) in [6, 6.07) is 0. The van der Waals surface area contributed by atoms with Crippen molar-refractivity contribution in [2.75, 3.05) is 6.54 Å². The van der Waals surface area contributed by atoms with Crippen LogP contribution in [-0.2, 0) is 4.79 Å². The van der Waals surface area contributed by atoms with E-state index in [1.165, 1.54) is 0 Å². The summed E-state index contributed by atoms with van der Waals surface area (Å²) < 4.78 is 0. The molecule has 2 heteroatoms. The average molecular weight is 169 g/mol. The van der Waals surface area contributed by atoms with Crippen LogP contribution in [0.2, 0.25) is 0 Å². The van der Waals surface area contributed by atoms with Crippen LogP contribution in [0.25, 0.3) is 0 Å². The Labute approximate surface area is 75.0 Å². The molecule has 0 fully saturated rings. The van der Waals surface area contributed by atoms with Gasteiger partial charge in [0, 0.05) is 5.70 Å². The number of nitrogens with one attached hydrogen (secondary N) is 1. The summed E-state index contributed by atoms with van der Waals surface area (Å²) in [5, 5.41) is 3.02. The standard InChI is InChI=1S/C10H19NO/c1-7(2)9(4)10(5)11-6-8(3)12/h7,9,11H,5-6H2,1-4H3/t9-/m0/s1. The third-order valence-electron chi connectivity index (χ3n) is 2.11. The van der Waals surface area contributed by atoms with Crippen molar-refractivity contribution < 1.29 is 4.79 Å². The van der Waals surface area contributed by atoms with E-state index in [4.69, 9.17) is 0 Å². The maximum atomic E-state index is 10.6. The Hall–Kier alpha value is -0.790. The Balaban J connectivity index is 3.80. The Kier molecular flexibility index (Phi) is 4.64. The highest BCUT2D eigenvalue weighted by Gasteiger charge is 2.10. The van der Waals surface area contributed by atoms with Gasteiger partial charge in [0.15, 0.2) is 0 Å². The van der Waals surface area contributed by atoms with Crippen molar-refractivity contribution in [1.82, 2.24) is 5.32 Å². The topological polar surface area (TPSA) is 29.1 Å². The van der Waals surface area contributed by atoms with E-state index in [0.29, 0.717) is 18.4 Å². The predicted molar refractivity (Wildman–Crippen MR) is 51.8 cm³/mol. The van der Waals surface area contributed by atoms with Gasteiger partial charge in [0.2, 0.25) is 0 Å². The summed E-state index contributed by atoms with van der Waals surface area (Å²) in [6.45, 7) is 12.3. The van der Waals surface area contributed by atoms with Gasteiger partial charge in [0.25, 0.3) is 0 Å². The van der Waals surface area contributed by atoms with Crippen LogP contribution in [0.1, 0.15) is 27.7 Å². The minimum absolute atomic E-state index is 0.145. The Morgan fingerprint density at radius 3 is 2.25 bits per heavy atom. The molecule has 2 nitrogen and oxygen atoms in total. The van der Waals surface area contributed by atoms with Gasteiger partial charge in [-0.1, -0.05) is 27.4 Å². The van der Waals surface area contributed by atoms with Crippen LogP contribution >= 0.6 is 0 Å². The molecule has 0 amide bonds. The molecule has 0 rings (SSSR count). The molecule has 0 aliphatic carbocycles. The van der Waals surface area contributed by atoms with E-state index in [0.717, 1.165) is 5.70 Å². The van der Waals surface area contributed by atoms with Crippen molar-refractivity contribution in [3.63, 3.8) is 0 Å². The number of rotatable bonds is 5. The summed E-state index contributed by atoms with van der Waals surface area (Å²) in [6.07, 6.45) is 0. The van der Waals surface area contributed by atoms with Crippen molar-refractivity contribution in [3.05, 3.63) is 12.3 Å². The third kappa shape index (κ3) is 4.16. The van der Waals surface area contributed by atoms with Crippen LogP contribution < -0.4 is 5.32 Å². The SMILES string of the molecule is C=C(NCC(C)=O)[C@@H](C)C(C)C. The zero-order chi connectivity index (χ0) is 9.72. The van der Waals surface area contributed by atoms with E-state index in [1.54, 1.807) is 6.92 Å². The quantitative estimate of drug-likeness (QED) is 0.681. The van der Waals surface area contributed by atoms with Crippen LogP contribution in [0.3, 0.4) is 0 Å². The molecule has 0 aliphatic rings. The highest BCUT2D eigenvalue weighted by molar-refractivity contribution is 5.77. The molecular formula is C10H19NO. The molecule has 0 aliphatic heterocycles. The lowest BCUT2D eigenvalue weighted by atomic mass is 9.95. The van der Waals surface area contributed by atoms with Crippen LogP contribution in [0.15, 0.2) is 12.3 Å². The van der Waals surface area contributed by atoms with E-state index in [-0.39, 0.29) is 5.78 Å². The predicted octanol–water partition coefficient (Wildman–Crippen LogP) is 1.97. The molecule has 0 aromatic rings. The zero-order valence-electron chi connectivity index (χ0n) is 8.48. The second-order valence-corrected chi connectivity index (χ2v) is 3.61. The molecule has 0 radical (unpaired) electrons. The summed E-state index contributed by atoms with van der Waals surface area (Å²) in [5.41, 5.74) is 0.959.